The second-order valence-corrected chi connectivity index (χ2v) is 12.6. The first-order chi connectivity index (χ1) is 21.6. The Labute approximate surface area is 264 Å². The fourth-order valence-electron chi connectivity index (χ4n) is 5.15. The minimum absolute atomic E-state index is 0.339. The number of hydrogen-bond acceptors (Lipinski definition) is 9. The molecule has 1 aliphatic rings. The Morgan fingerprint density at radius 3 is 2.61 bits per heavy atom. The van der Waals surface area contributed by atoms with Gasteiger partial charge in [0.05, 0.1) is 34.2 Å². The quantitative estimate of drug-likeness (QED) is 0.0637. The molecule has 44 heavy (non-hydrogen) atoms. The van der Waals surface area contributed by atoms with Gasteiger partial charge in [-0.2, -0.15) is 5.26 Å². The van der Waals surface area contributed by atoms with Crippen molar-refractivity contribution in [3.8, 4) is 6.07 Å². The predicted molar refractivity (Wildman–Crippen MR) is 179 cm³/mol. The van der Waals surface area contributed by atoms with Crippen LogP contribution in [0.1, 0.15) is 58.1 Å². The van der Waals surface area contributed by atoms with E-state index in [1.165, 1.54) is 39.5 Å². The zero-order chi connectivity index (χ0) is 30.3. The van der Waals surface area contributed by atoms with Gasteiger partial charge in [0, 0.05) is 23.7 Å². The van der Waals surface area contributed by atoms with Crippen LogP contribution in [0.4, 0.5) is 16.5 Å². The molecule has 0 atom stereocenters. The highest BCUT2D eigenvalue weighted by Gasteiger charge is 2.19. The number of thiophene rings is 1. The minimum Gasteiger partial charge on any atom is -0.462 e. The average molecular weight is 618 g/mol. The highest BCUT2D eigenvalue weighted by Crippen LogP contribution is 2.37. The molecule has 6 rings (SSSR count). The number of hydrogen-bond donors (Lipinski definition) is 0. The summed E-state index contributed by atoms with van der Waals surface area (Å²) in [6.07, 6.45) is 5.82. The van der Waals surface area contributed by atoms with Gasteiger partial charge in [0.25, 0.3) is 0 Å². The fourth-order valence-corrected chi connectivity index (χ4v) is 7.14. The Bertz CT molecular complexity index is 1840. The van der Waals surface area contributed by atoms with Gasteiger partial charge in [-0.3, -0.25) is 0 Å². The lowest BCUT2D eigenvalue weighted by molar-refractivity contribution is 0.0498. The second kappa shape index (κ2) is 13.8. The molecule has 0 spiro atoms. The van der Waals surface area contributed by atoms with E-state index in [1.54, 1.807) is 24.3 Å². The molecule has 0 unspecified atom stereocenters. The van der Waals surface area contributed by atoms with E-state index in [1.807, 2.05) is 24.3 Å². The lowest BCUT2D eigenvalue weighted by Gasteiger charge is -2.19. The molecule has 5 aromatic rings. The Morgan fingerprint density at radius 1 is 1.02 bits per heavy atom. The molecule has 0 fully saturated rings. The van der Waals surface area contributed by atoms with Gasteiger partial charge in [-0.05, 0) is 72.0 Å². The first-order valence-electron chi connectivity index (χ1n) is 14.7. The molecule has 220 valence electrons. The van der Waals surface area contributed by atoms with Gasteiger partial charge in [0.1, 0.15) is 4.83 Å². The number of azo groups is 1. The number of ether oxygens (including phenoxy) is 1. The SMILES string of the molecule is CCCCCOC(=O)c1ccc(/C(C#N)=C/c2cc3sc(/N=N/c4ccc5c(c4)CCN5Cc4ccccc4)nc3s2)cc1. The number of fused-ring (bicyclic) bond motifs is 2. The Kier molecular flexibility index (Phi) is 9.20. The lowest BCUT2D eigenvalue weighted by atomic mass is 10.0. The van der Waals surface area contributed by atoms with Crippen LogP contribution in [0.2, 0.25) is 0 Å². The number of unbranched alkanes of at least 4 members (excludes halogenated alkanes) is 2. The molecule has 9 heteroatoms. The number of esters is 1. The van der Waals surface area contributed by atoms with Crippen molar-refractivity contribution in [2.24, 2.45) is 10.2 Å². The van der Waals surface area contributed by atoms with Gasteiger partial charge in [0.2, 0.25) is 5.13 Å². The van der Waals surface area contributed by atoms with Gasteiger partial charge >= 0.3 is 5.97 Å². The maximum atomic E-state index is 12.3. The number of thiazole rings is 1. The Balaban J connectivity index is 1.10. The van der Waals surface area contributed by atoms with E-state index in [4.69, 9.17) is 4.74 Å². The standard InChI is InChI=1S/C35H31N5O2S2/c1-2-3-7-18-42-34(41)26-12-10-25(11-13-26)28(22-36)20-30-21-32-33(43-30)37-35(44-32)39-38-29-14-15-31-27(19-29)16-17-40(31)23-24-8-5-4-6-9-24/h4-6,8-15,19-21H,2-3,7,16-18,23H2,1H3/b28-20+,39-38+. The summed E-state index contributed by atoms with van der Waals surface area (Å²) in [5.41, 5.74) is 6.42. The maximum absolute atomic E-state index is 12.3. The second-order valence-electron chi connectivity index (χ2n) is 10.6. The van der Waals surface area contributed by atoms with Gasteiger partial charge in [-0.15, -0.1) is 21.6 Å². The van der Waals surface area contributed by atoms with Crippen LogP contribution in [0.3, 0.4) is 0 Å². The molecular weight excluding hydrogens is 587 g/mol. The number of benzene rings is 3. The van der Waals surface area contributed by atoms with Crippen LogP contribution < -0.4 is 4.90 Å². The highest BCUT2D eigenvalue weighted by atomic mass is 32.1. The summed E-state index contributed by atoms with van der Waals surface area (Å²) in [6.45, 7) is 4.43. The van der Waals surface area contributed by atoms with Crippen LogP contribution in [-0.2, 0) is 17.7 Å². The third kappa shape index (κ3) is 6.94. The van der Waals surface area contributed by atoms with E-state index in [0.717, 1.165) is 64.4 Å². The lowest BCUT2D eigenvalue weighted by Crippen LogP contribution is -2.19. The van der Waals surface area contributed by atoms with Crippen LogP contribution in [0.15, 0.2) is 89.1 Å². The van der Waals surface area contributed by atoms with Gasteiger partial charge in [0.15, 0.2) is 0 Å². The Morgan fingerprint density at radius 2 is 1.84 bits per heavy atom. The first kappa shape index (κ1) is 29.4. The van der Waals surface area contributed by atoms with Crippen molar-refractivity contribution in [2.45, 2.75) is 39.2 Å². The molecule has 1 aliphatic heterocycles. The summed E-state index contributed by atoms with van der Waals surface area (Å²) in [6, 6.07) is 28.1. The monoisotopic (exact) mass is 617 g/mol. The molecule has 0 bridgehead atoms. The summed E-state index contributed by atoms with van der Waals surface area (Å²) in [4.78, 5) is 21.1. The van der Waals surface area contributed by atoms with Crippen molar-refractivity contribution in [2.75, 3.05) is 18.1 Å². The number of nitriles is 1. The number of nitrogens with zero attached hydrogens (tertiary/aromatic N) is 5. The normalized spacial score (nSPS) is 13.0. The zero-order valence-electron chi connectivity index (χ0n) is 24.4. The van der Waals surface area contributed by atoms with Crippen molar-refractivity contribution < 1.29 is 9.53 Å². The van der Waals surface area contributed by atoms with Crippen LogP contribution in [0.5, 0.6) is 0 Å². The molecule has 0 N–H and O–H groups in total. The van der Waals surface area contributed by atoms with Crippen LogP contribution >= 0.6 is 22.7 Å². The number of allylic oxidation sites excluding steroid dienone is 1. The summed E-state index contributed by atoms with van der Waals surface area (Å²) in [5.74, 6) is -0.339. The number of rotatable bonds is 11. The summed E-state index contributed by atoms with van der Waals surface area (Å²) in [5, 5.41) is 19.3. The van der Waals surface area contributed by atoms with Crippen LogP contribution in [0, 0.1) is 11.3 Å². The third-order valence-corrected chi connectivity index (χ3v) is 9.43. The van der Waals surface area contributed by atoms with Crippen molar-refractivity contribution in [3.63, 3.8) is 0 Å². The number of carbonyl (C=O) groups excluding carboxylic acids is 1. The van der Waals surface area contributed by atoms with E-state index in [0.29, 0.717) is 22.9 Å². The molecule has 2 aromatic heterocycles. The van der Waals surface area contributed by atoms with Gasteiger partial charge < -0.3 is 9.64 Å². The van der Waals surface area contributed by atoms with E-state index in [9.17, 15) is 10.1 Å². The molecule has 0 saturated carbocycles. The third-order valence-electron chi connectivity index (χ3n) is 7.44. The molecular formula is C35H31N5O2S2. The van der Waals surface area contributed by atoms with E-state index in [2.05, 4.69) is 69.5 Å². The van der Waals surface area contributed by atoms with Crippen molar-refractivity contribution in [1.29, 1.82) is 5.26 Å². The topological polar surface area (TPSA) is 90.9 Å². The highest BCUT2D eigenvalue weighted by molar-refractivity contribution is 7.29. The molecule has 0 aliphatic carbocycles. The van der Waals surface area contributed by atoms with E-state index in [-0.39, 0.29) is 5.97 Å². The first-order valence-corrected chi connectivity index (χ1v) is 16.4. The van der Waals surface area contributed by atoms with Gasteiger partial charge in [-0.1, -0.05) is 73.6 Å². The molecule has 0 amide bonds. The molecule has 3 heterocycles. The van der Waals surface area contributed by atoms with Crippen molar-refractivity contribution in [3.05, 3.63) is 106 Å². The largest absolute Gasteiger partial charge is 0.462 e. The summed E-state index contributed by atoms with van der Waals surface area (Å²) < 4.78 is 6.33. The van der Waals surface area contributed by atoms with Gasteiger partial charge in [-0.25, -0.2) is 9.78 Å². The number of carbonyl (C=O) groups is 1. The number of aromatic nitrogens is 1. The summed E-state index contributed by atoms with van der Waals surface area (Å²) in [7, 11) is 0. The van der Waals surface area contributed by atoms with Crippen molar-refractivity contribution in [1.82, 2.24) is 4.98 Å². The Hall–Kier alpha value is -4.65. The average Bonchev–Trinajstić information content (AvgIpc) is 3.74. The molecule has 0 radical (unpaired) electrons. The maximum Gasteiger partial charge on any atom is 0.338 e. The van der Waals surface area contributed by atoms with E-state index < -0.39 is 0 Å². The van der Waals surface area contributed by atoms with Crippen LogP contribution in [-0.4, -0.2) is 24.1 Å². The minimum atomic E-state index is -0.339. The summed E-state index contributed by atoms with van der Waals surface area (Å²) >= 11 is 2.98. The molecule has 3 aromatic carbocycles. The smallest absolute Gasteiger partial charge is 0.338 e. The molecule has 7 nitrogen and oxygen atoms in total. The zero-order valence-corrected chi connectivity index (χ0v) is 26.0. The predicted octanol–water partition coefficient (Wildman–Crippen LogP) is 9.75. The van der Waals surface area contributed by atoms with E-state index >= 15 is 0 Å². The molecule has 0 saturated heterocycles. The van der Waals surface area contributed by atoms with Crippen LogP contribution in [0.25, 0.3) is 21.2 Å². The number of anilines is 1. The fraction of sp³-hybridized carbons (Fsp3) is 0.229. The van der Waals surface area contributed by atoms with Crippen molar-refractivity contribution >= 4 is 66.3 Å².